The maximum atomic E-state index is 12.1. The van der Waals surface area contributed by atoms with E-state index in [0.717, 1.165) is 0 Å². The Morgan fingerprint density at radius 2 is 1.79 bits per heavy atom. The minimum Gasteiger partial charge on any atom is -0.493 e. The van der Waals surface area contributed by atoms with E-state index >= 15 is 0 Å². The van der Waals surface area contributed by atoms with Gasteiger partial charge in [-0.1, -0.05) is 12.1 Å². The Morgan fingerprint density at radius 3 is 2.50 bits per heavy atom. The van der Waals surface area contributed by atoms with Gasteiger partial charge in [0.2, 0.25) is 0 Å². The lowest BCUT2D eigenvalue weighted by Gasteiger charge is -2.10. The van der Waals surface area contributed by atoms with Crippen LogP contribution in [0.3, 0.4) is 0 Å². The van der Waals surface area contributed by atoms with E-state index in [0.29, 0.717) is 12.4 Å². The van der Waals surface area contributed by atoms with Gasteiger partial charge in [-0.2, -0.15) is 0 Å². The van der Waals surface area contributed by atoms with Crippen LogP contribution in [-0.4, -0.2) is 43.4 Å². The van der Waals surface area contributed by atoms with E-state index in [2.05, 4.69) is 16.2 Å². The number of hydrazine groups is 1. The van der Waals surface area contributed by atoms with E-state index in [1.165, 1.54) is 18.4 Å². The van der Waals surface area contributed by atoms with Crippen LogP contribution >= 0.6 is 0 Å². The third-order valence-electron chi connectivity index (χ3n) is 3.25. The molecule has 10 heteroatoms. The first kappa shape index (κ1) is 20.5. The summed E-state index contributed by atoms with van der Waals surface area (Å²) in [5, 5.41) is 2.38. The number of nitrogens with one attached hydrogen (secondary N) is 3. The molecule has 0 aliphatic heterocycles. The van der Waals surface area contributed by atoms with Crippen LogP contribution < -0.4 is 20.9 Å². The van der Waals surface area contributed by atoms with Gasteiger partial charge in [-0.15, -0.1) is 0 Å². The van der Waals surface area contributed by atoms with Crippen molar-refractivity contribution >= 4 is 23.7 Å². The first-order chi connectivity index (χ1) is 13.5. The van der Waals surface area contributed by atoms with E-state index in [-0.39, 0.29) is 11.3 Å². The van der Waals surface area contributed by atoms with Crippen molar-refractivity contribution in [1.82, 2.24) is 16.2 Å². The van der Waals surface area contributed by atoms with Crippen molar-refractivity contribution in [3.63, 3.8) is 0 Å². The fraction of sp³-hybridized carbons (Fsp3) is 0.222. The number of para-hydroxylation sites is 1. The fourth-order valence-electron chi connectivity index (χ4n) is 2.01. The molecule has 0 aliphatic carbocycles. The molecule has 148 valence electrons. The second-order valence-electron chi connectivity index (χ2n) is 5.25. The minimum atomic E-state index is -0.824. The number of amides is 3. The number of hydrogen-bond acceptors (Lipinski definition) is 7. The van der Waals surface area contributed by atoms with Crippen molar-refractivity contribution in [2.75, 3.05) is 19.8 Å². The van der Waals surface area contributed by atoms with Crippen molar-refractivity contribution < 1.29 is 33.1 Å². The highest BCUT2D eigenvalue weighted by atomic mass is 16.5. The summed E-state index contributed by atoms with van der Waals surface area (Å²) >= 11 is 0. The molecule has 0 spiro atoms. The molecule has 0 saturated heterocycles. The largest absolute Gasteiger partial charge is 0.493 e. The van der Waals surface area contributed by atoms with Crippen LogP contribution in [0.2, 0.25) is 0 Å². The van der Waals surface area contributed by atoms with Gasteiger partial charge in [0.05, 0.1) is 18.4 Å². The van der Waals surface area contributed by atoms with Crippen molar-refractivity contribution in [2.24, 2.45) is 0 Å². The summed E-state index contributed by atoms with van der Waals surface area (Å²) in [7, 11) is 0. The van der Waals surface area contributed by atoms with Crippen LogP contribution in [0.5, 0.6) is 5.75 Å². The van der Waals surface area contributed by atoms with Gasteiger partial charge < -0.3 is 19.2 Å². The van der Waals surface area contributed by atoms with Crippen LogP contribution in [0, 0.1) is 0 Å². The lowest BCUT2D eigenvalue weighted by Crippen LogP contribution is -2.44. The standard InChI is InChI=1S/C18H19N3O7/c1-2-26-13-7-4-3-6-12(13)17(24)19-10-16(23)28-11-15(22)20-21-18(25)14-8-5-9-27-14/h3-9H,2,10-11H2,1H3,(H,19,24)(H,20,22)(H,21,25). The Labute approximate surface area is 160 Å². The highest BCUT2D eigenvalue weighted by Gasteiger charge is 2.15. The highest BCUT2D eigenvalue weighted by molar-refractivity contribution is 5.98. The average molecular weight is 389 g/mol. The van der Waals surface area contributed by atoms with Crippen LogP contribution in [0.25, 0.3) is 0 Å². The molecule has 0 unspecified atom stereocenters. The molecule has 3 N–H and O–H groups in total. The number of ether oxygens (including phenoxy) is 2. The Morgan fingerprint density at radius 1 is 1.00 bits per heavy atom. The topological polar surface area (TPSA) is 136 Å². The predicted octanol–water partition coefficient (Wildman–Crippen LogP) is 0.412. The molecule has 0 saturated carbocycles. The second kappa shape index (κ2) is 10.4. The van der Waals surface area contributed by atoms with Crippen molar-refractivity contribution in [3.8, 4) is 5.75 Å². The maximum Gasteiger partial charge on any atom is 0.325 e. The molecule has 1 aromatic carbocycles. The Balaban J connectivity index is 1.70. The molecule has 10 nitrogen and oxygen atoms in total. The normalized spacial score (nSPS) is 9.89. The van der Waals surface area contributed by atoms with Gasteiger partial charge in [0.15, 0.2) is 12.4 Å². The lowest BCUT2D eigenvalue weighted by atomic mass is 10.2. The van der Waals surface area contributed by atoms with Gasteiger partial charge in [-0.3, -0.25) is 30.0 Å². The van der Waals surface area contributed by atoms with Crippen LogP contribution in [-0.2, 0) is 14.3 Å². The fourth-order valence-corrected chi connectivity index (χ4v) is 2.01. The number of benzene rings is 1. The van der Waals surface area contributed by atoms with E-state index in [1.54, 1.807) is 31.2 Å². The molecule has 28 heavy (non-hydrogen) atoms. The van der Waals surface area contributed by atoms with Gasteiger partial charge >= 0.3 is 11.9 Å². The molecule has 3 amide bonds. The average Bonchev–Trinajstić information content (AvgIpc) is 3.24. The molecule has 2 rings (SSSR count). The van der Waals surface area contributed by atoms with Gasteiger partial charge in [0.25, 0.3) is 11.8 Å². The summed E-state index contributed by atoms with van der Waals surface area (Å²) in [4.78, 5) is 46.9. The summed E-state index contributed by atoms with van der Waals surface area (Å²) in [6, 6.07) is 9.50. The number of carbonyl (C=O) groups is 4. The molecule has 0 bridgehead atoms. The second-order valence-corrected chi connectivity index (χ2v) is 5.25. The zero-order valence-corrected chi connectivity index (χ0v) is 15.0. The van der Waals surface area contributed by atoms with Crippen molar-refractivity contribution in [3.05, 3.63) is 54.0 Å². The summed E-state index contributed by atoms with van der Waals surface area (Å²) < 4.78 is 14.9. The van der Waals surface area contributed by atoms with Gasteiger partial charge in [0, 0.05) is 0 Å². The quantitative estimate of drug-likeness (QED) is 0.439. The van der Waals surface area contributed by atoms with Gasteiger partial charge in [0.1, 0.15) is 12.3 Å². The zero-order valence-electron chi connectivity index (χ0n) is 15.0. The van der Waals surface area contributed by atoms with E-state index in [9.17, 15) is 19.2 Å². The first-order valence-corrected chi connectivity index (χ1v) is 8.29. The maximum absolute atomic E-state index is 12.1. The molecule has 0 aliphatic rings. The third kappa shape index (κ3) is 6.16. The number of esters is 1. The SMILES string of the molecule is CCOc1ccccc1C(=O)NCC(=O)OCC(=O)NNC(=O)c1ccco1. The lowest BCUT2D eigenvalue weighted by molar-refractivity contribution is -0.147. The summed E-state index contributed by atoms with van der Waals surface area (Å²) in [5.74, 6) is -2.37. The van der Waals surface area contributed by atoms with Crippen LogP contribution in [0.4, 0.5) is 0 Å². The third-order valence-corrected chi connectivity index (χ3v) is 3.25. The zero-order chi connectivity index (χ0) is 20.4. The summed E-state index contributed by atoms with van der Waals surface area (Å²) in [6.07, 6.45) is 1.31. The van der Waals surface area contributed by atoms with Gasteiger partial charge in [-0.25, -0.2) is 0 Å². The Kier molecular flexibility index (Phi) is 7.58. The van der Waals surface area contributed by atoms with E-state index in [4.69, 9.17) is 13.9 Å². The Hall–Kier alpha value is -3.82. The smallest absolute Gasteiger partial charge is 0.325 e. The number of carbonyl (C=O) groups excluding carboxylic acids is 4. The monoisotopic (exact) mass is 389 g/mol. The first-order valence-electron chi connectivity index (χ1n) is 8.29. The van der Waals surface area contributed by atoms with Crippen molar-refractivity contribution in [2.45, 2.75) is 6.92 Å². The van der Waals surface area contributed by atoms with Crippen molar-refractivity contribution in [1.29, 1.82) is 0 Å². The molecule has 1 aromatic heterocycles. The molecule has 1 heterocycles. The number of hydrogen-bond donors (Lipinski definition) is 3. The predicted molar refractivity (Wildman–Crippen MR) is 95.2 cm³/mol. The van der Waals surface area contributed by atoms with Gasteiger partial charge in [-0.05, 0) is 31.2 Å². The Bertz CT molecular complexity index is 833. The van der Waals surface area contributed by atoms with Crippen LogP contribution in [0.1, 0.15) is 27.8 Å². The molecule has 0 atom stereocenters. The van der Waals surface area contributed by atoms with Crippen LogP contribution in [0.15, 0.2) is 47.1 Å². The molecule has 0 fully saturated rings. The number of rotatable bonds is 8. The highest BCUT2D eigenvalue weighted by Crippen LogP contribution is 2.17. The van der Waals surface area contributed by atoms with E-state index in [1.807, 2.05) is 0 Å². The summed E-state index contributed by atoms with van der Waals surface area (Å²) in [5.41, 5.74) is 4.42. The molecule has 2 aromatic rings. The molecular weight excluding hydrogens is 370 g/mol. The summed E-state index contributed by atoms with van der Waals surface area (Å²) in [6.45, 7) is 1.10. The molecular formula is C18H19N3O7. The minimum absolute atomic E-state index is 0.00680. The van der Waals surface area contributed by atoms with E-state index < -0.39 is 36.8 Å². The number of furan rings is 1. The molecule has 0 radical (unpaired) electrons.